The summed E-state index contributed by atoms with van der Waals surface area (Å²) in [7, 11) is 0. The van der Waals surface area contributed by atoms with Crippen molar-refractivity contribution in [3.63, 3.8) is 0 Å². The molecule has 0 fully saturated rings. The third-order valence-corrected chi connectivity index (χ3v) is 2.78. The molecule has 1 rings (SSSR count). The first-order valence-electron chi connectivity index (χ1n) is 5.56. The van der Waals surface area contributed by atoms with Gasteiger partial charge in [0.2, 0.25) is 0 Å². The first-order valence-corrected chi connectivity index (χ1v) is 5.94. The molecule has 0 bridgehead atoms. The molecule has 3 nitrogen and oxygen atoms in total. The van der Waals surface area contributed by atoms with Crippen molar-refractivity contribution in [1.29, 1.82) is 0 Å². The van der Waals surface area contributed by atoms with Gasteiger partial charge in [0.05, 0.1) is 16.7 Å². The molecule has 6 heteroatoms. The van der Waals surface area contributed by atoms with Crippen molar-refractivity contribution in [3.05, 3.63) is 34.4 Å². The highest BCUT2D eigenvalue weighted by molar-refractivity contribution is 6.30. The van der Waals surface area contributed by atoms with Gasteiger partial charge in [-0.1, -0.05) is 18.5 Å². The van der Waals surface area contributed by atoms with Crippen LogP contribution in [0.1, 0.15) is 30.1 Å². The van der Waals surface area contributed by atoms with E-state index in [1.165, 1.54) is 0 Å². The molecule has 1 unspecified atom stereocenters. The Morgan fingerprint density at radius 3 is 2.72 bits per heavy atom. The summed E-state index contributed by atoms with van der Waals surface area (Å²) in [6.07, 6.45) is 0.414. The summed E-state index contributed by atoms with van der Waals surface area (Å²) < 4.78 is 26.5. The van der Waals surface area contributed by atoms with Gasteiger partial charge in [-0.05, 0) is 25.0 Å². The smallest absolute Gasteiger partial charge is 0.254 e. The van der Waals surface area contributed by atoms with Gasteiger partial charge in [0.25, 0.3) is 5.91 Å². The van der Waals surface area contributed by atoms with E-state index in [0.717, 1.165) is 12.1 Å². The normalized spacial score (nSPS) is 12.3. The third-order valence-electron chi connectivity index (χ3n) is 2.49. The molecule has 0 aliphatic carbocycles. The number of rotatable bonds is 5. The van der Waals surface area contributed by atoms with Gasteiger partial charge in [-0.15, -0.1) is 0 Å². The fourth-order valence-electron chi connectivity index (χ4n) is 1.35. The highest BCUT2D eigenvalue weighted by Gasteiger charge is 2.15. The summed E-state index contributed by atoms with van der Waals surface area (Å²) in [6.45, 7) is 2.00. The number of hydrogen-bond acceptors (Lipinski definition) is 2. The van der Waals surface area contributed by atoms with Crippen LogP contribution in [0.25, 0.3) is 0 Å². The van der Waals surface area contributed by atoms with Gasteiger partial charge in [0, 0.05) is 6.54 Å². The Hall–Kier alpha value is -1.20. The van der Waals surface area contributed by atoms with E-state index < -0.39 is 29.2 Å². The van der Waals surface area contributed by atoms with Crippen LogP contribution in [-0.2, 0) is 0 Å². The second kappa shape index (κ2) is 6.66. The van der Waals surface area contributed by atoms with Crippen molar-refractivity contribution in [3.8, 4) is 0 Å². The average molecular weight is 278 g/mol. The number of aliphatic hydroxyl groups excluding tert-OH is 1. The van der Waals surface area contributed by atoms with E-state index in [0.29, 0.717) is 12.8 Å². The molecular formula is C12H14ClF2NO2. The molecule has 1 aromatic carbocycles. The van der Waals surface area contributed by atoms with Crippen molar-refractivity contribution in [2.75, 3.05) is 6.54 Å². The van der Waals surface area contributed by atoms with E-state index in [4.69, 9.17) is 11.6 Å². The Bertz CT molecular complexity index is 440. The summed E-state index contributed by atoms with van der Waals surface area (Å²) in [5.74, 6) is -2.46. The highest BCUT2D eigenvalue weighted by Crippen LogP contribution is 2.19. The van der Waals surface area contributed by atoms with Gasteiger partial charge in [-0.3, -0.25) is 4.79 Å². The molecule has 1 atom stereocenters. The maximum Gasteiger partial charge on any atom is 0.254 e. The number of carbonyl (C=O) groups excluding carboxylic acids is 1. The Morgan fingerprint density at radius 2 is 2.11 bits per heavy atom. The van der Waals surface area contributed by atoms with Crippen LogP contribution < -0.4 is 5.32 Å². The zero-order valence-electron chi connectivity index (χ0n) is 9.84. The number of aliphatic hydroxyl groups is 1. The largest absolute Gasteiger partial charge is 0.393 e. The fourth-order valence-corrected chi connectivity index (χ4v) is 1.50. The van der Waals surface area contributed by atoms with Crippen LogP contribution in [0.2, 0.25) is 5.02 Å². The number of carbonyl (C=O) groups is 1. The van der Waals surface area contributed by atoms with Crippen molar-refractivity contribution in [2.45, 2.75) is 25.9 Å². The van der Waals surface area contributed by atoms with Gasteiger partial charge < -0.3 is 10.4 Å². The molecule has 1 amide bonds. The van der Waals surface area contributed by atoms with Crippen LogP contribution in [0.4, 0.5) is 8.78 Å². The van der Waals surface area contributed by atoms with Crippen LogP contribution in [0, 0.1) is 11.6 Å². The third kappa shape index (κ3) is 3.92. The van der Waals surface area contributed by atoms with E-state index in [9.17, 15) is 18.7 Å². The molecule has 2 N–H and O–H groups in total. The number of nitrogens with one attached hydrogen (secondary N) is 1. The van der Waals surface area contributed by atoms with Gasteiger partial charge in [-0.2, -0.15) is 0 Å². The SMILES string of the molecule is CCC(O)CCNC(=O)c1cc(F)c(Cl)cc1F. The van der Waals surface area contributed by atoms with E-state index in [1.54, 1.807) is 6.92 Å². The average Bonchev–Trinajstić information content (AvgIpc) is 2.33. The minimum atomic E-state index is -0.880. The van der Waals surface area contributed by atoms with Gasteiger partial charge in [0.15, 0.2) is 0 Å². The quantitative estimate of drug-likeness (QED) is 0.813. The molecule has 0 spiro atoms. The second-order valence-corrected chi connectivity index (χ2v) is 4.26. The predicted octanol–water partition coefficient (Wildman–Crippen LogP) is 2.51. The summed E-state index contributed by atoms with van der Waals surface area (Å²) >= 11 is 5.38. The minimum absolute atomic E-state index is 0.192. The lowest BCUT2D eigenvalue weighted by Crippen LogP contribution is -2.27. The Balaban J connectivity index is 2.64. The molecule has 0 aliphatic rings. The lowest BCUT2D eigenvalue weighted by molar-refractivity contribution is 0.0937. The summed E-state index contributed by atoms with van der Waals surface area (Å²) in [5.41, 5.74) is -0.400. The molecule has 0 saturated carbocycles. The van der Waals surface area contributed by atoms with E-state index in [2.05, 4.69) is 5.32 Å². The number of halogens is 3. The van der Waals surface area contributed by atoms with E-state index in [1.807, 2.05) is 0 Å². The lowest BCUT2D eigenvalue weighted by Gasteiger charge is -2.09. The predicted molar refractivity (Wildman–Crippen MR) is 64.6 cm³/mol. The molecule has 0 radical (unpaired) electrons. The van der Waals surface area contributed by atoms with Crippen molar-refractivity contribution < 1.29 is 18.7 Å². The molecule has 100 valence electrons. The van der Waals surface area contributed by atoms with Gasteiger partial charge in [0.1, 0.15) is 11.6 Å². The molecule has 0 aliphatic heterocycles. The summed E-state index contributed by atoms with van der Waals surface area (Å²) in [4.78, 5) is 11.6. The Morgan fingerprint density at radius 1 is 1.44 bits per heavy atom. The lowest BCUT2D eigenvalue weighted by atomic mass is 10.1. The topological polar surface area (TPSA) is 49.3 Å². The number of amides is 1. The Kier molecular flexibility index (Phi) is 5.50. The molecule has 0 aromatic heterocycles. The molecule has 1 aromatic rings. The van der Waals surface area contributed by atoms with Crippen molar-refractivity contribution in [2.24, 2.45) is 0 Å². The minimum Gasteiger partial charge on any atom is -0.393 e. The molecule has 0 saturated heterocycles. The number of hydrogen-bond donors (Lipinski definition) is 2. The summed E-state index contributed by atoms with van der Waals surface area (Å²) in [6, 6.07) is 1.51. The van der Waals surface area contributed by atoms with Gasteiger partial charge in [-0.25, -0.2) is 8.78 Å². The van der Waals surface area contributed by atoms with E-state index >= 15 is 0 Å². The standard InChI is InChI=1S/C12H14ClF2NO2/c1-2-7(17)3-4-16-12(18)8-5-11(15)9(13)6-10(8)14/h5-7,17H,2-4H2,1H3,(H,16,18). The van der Waals surface area contributed by atoms with Crippen LogP contribution in [0.15, 0.2) is 12.1 Å². The van der Waals surface area contributed by atoms with Crippen molar-refractivity contribution in [1.82, 2.24) is 5.32 Å². The van der Waals surface area contributed by atoms with E-state index in [-0.39, 0.29) is 11.6 Å². The maximum atomic E-state index is 13.4. The van der Waals surface area contributed by atoms with Crippen LogP contribution >= 0.6 is 11.6 Å². The zero-order chi connectivity index (χ0) is 13.7. The first-order chi connectivity index (χ1) is 8.45. The zero-order valence-corrected chi connectivity index (χ0v) is 10.6. The Labute approximate surface area is 109 Å². The first kappa shape index (κ1) is 14.9. The monoisotopic (exact) mass is 277 g/mol. The van der Waals surface area contributed by atoms with Crippen LogP contribution in [0.3, 0.4) is 0 Å². The van der Waals surface area contributed by atoms with Crippen molar-refractivity contribution >= 4 is 17.5 Å². The fraction of sp³-hybridized carbons (Fsp3) is 0.417. The van der Waals surface area contributed by atoms with Crippen LogP contribution in [0.5, 0.6) is 0 Å². The molecule has 0 heterocycles. The van der Waals surface area contributed by atoms with Crippen LogP contribution in [-0.4, -0.2) is 23.7 Å². The van der Waals surface area contributed by atoms with Gasteiger partial charge >= 0.3 is 0 Å². The molecule has 18 heavy (non-hydrogen) atoms. The second-order valence-electron chi connectivity index (χ2n) is 3.85. The highest BCUT2D eigenvalue weighted by atomic mass is 35.5. The maximum absolute atomic E-state index is 13.4. The summed E-state index contributed by atoms with van der Waals surface area (Å²) in [5, 5.41) is 11.3. The molecular weight excluding hydrogens is 264 g/mol. The number of benzene rings is 1.